The Labute approximate surface area is 177 Å². The van der Waals surface area contributed by atoms with Crippen LogP contribution < -0.4 is 4.74 Å². The van der Waals surface area contributed by atoms with Crippen LogP contribution >= 0.6 is 0 Å². The molecule has 0 aliphatic carbocycles. The van der Waals surface area contributed by atoms with Crippen LogP contribution in [0.25, 0.3) is 5.57 Å². The number of Topliss-reactive ketones (excluding diaryl/α,β-unsaturated/α-hetero) is 1. The number of hydrogen-bond donors (Lipinski definition) is 1. The van der Waals surface area contributed by atoms with Gasteiger partial charge in [-0.15, -0.1) is 0 Å². The average Bonchev–Trinajstić information content (AvgIpc) is 2.74. The average molecular weight is 430 g/mol. The fourth-order valence-electron chi connectivity index (χ4n) is 3.81. The van der Waals surface area contributed by atoms with Gasteiger partial charge in [-0.25, -0.2) is 0 Å². The van der Waals surface area contributed by atoms with E-state index in [2.05, 4.69) is 23.1 Å². The lowest BCUT2D eigenvalue weighted by Crippen LogP contribution is -2.43. The van der Waals surface area contributed by atoms with Gasteiger partial charge in [0.2, 0.25) is 0 Å². The van der Waals surface area contributed by atoms with Crippen molar-refractivity contribution in [3.05, 3.63) is 71.3 Å². The molecule has 0 radical (unpaired) electrons. The molecule has 1 aliphatic heterocycles. The molecule has 1 N–H and O–H groups in total. The van der Waals surface area contributed by atoms with Crippen molar-refractivity contribution in [2.24, 2.45) is 0 Å². The smallest absolute Gasteiger partial charge is 0.269 e. The highest BCUT2D eigenvalue weighted by Crippen LogP contribution is 2.26. The summed E-state index contributed by atoms with van der Waals surface area (Å²) in [5.74, 6) is 0.400. The molecule has 7 heteroatoms. The first-order chi connectivity index (χ1) is 14.3. The summed E-state index contributed by atoms with van der Waals surface area (Å²) >= 11 is 0. The van der Waals surface area contributed by atoms with Gasteiger partial charge in [-0.05, 0) is 41.7 Å². The van der Waals surface area contributed by atoms with Crippen LogP contribution in [0.4, 0.5) is 0 Å². The molecular weight excluding hydrogens is 402 g/mol. The molecule has 30 heavy (non-hydrogen) atoms. The minimum absolute atomic E-state index is 0.0252. The Kier molecular flexibility index (Phi) is 7.07. The number of benzene rings is 2. The number of ketones is 1. The first-order valence-electron chi connectivity index (χ1n) is 9.96. The summed E-state index contributed by atoms with van der Waals surface area (Å²) in [7, 11) is -2.44. The summed E-state index contributed by atoms with van der Waals surface area (Å²) in [6.45, 7) is 3.49. The van der Waals surface area contributed by atoms with Crippen molar-refractivity contribution >= 4 is 21.5 Å². The first-order valence-corrected chi connectivity index (χ1v) is 11.6. The molecule has 160 valence electrons. The van der Waals surface area contributed by atoms with Crippen molar-refractivity contribution in [1.82, 2.24) is 4.90 Å². The van der Waals surface area contributed by atoms with Crippen LogP contribution in [0.5, 0.6) is 5.75 Å². The van der Waals surface area contributed by atoms with Crippen molar-refractivity contribution in [1.29, 1.82) is 0 Å². The Morgan fingerprint density at radius 3 is 2.30 bits per heavy atom. The minimum Gasteiger partial charge on any atom is -0.497 e. The molecule has 1 heterocycles. The van der Waals surface area contributed by atoms with Gasteiger partial charge in [-0.3, -0.25) is 14.2 Å². The summed E-state index contributed by atoms with van der Waals surface area (Å²) in [4.78, 5) is 15.2. The van der Waals surface area contributed by atoms with E-state index in [0.717, 1.165) is 18.7 Å². The van der Waals surface area contributed by atoms with Gasteiger partial charge >= 0.3 is 0 Å². The van der Waals surface area contributed by atoms with Gasteiger partial charge in [0.1, 0.15) is 11.5 Å². The third-order valence-electron chi connectivity index (χ3n) is 5.42. The lowest BCUT2D eigenvalue weighted by molar-refractivity contribution is 0.0826. The molecule has 0 spiro atoms. The van der Waals surface area contributed by atoms with Gasteiger partial charge in [0.25, 0.3) is 10.1 Å². The molecule has 1 aliphatic rings. The second-order valence-corrected chi connectivity index (χ2v) is 8.87. The first kappa shape index (κ1) is 22.2. The lowest BCUT2D eigenvalue weighted by Gasteiger charge is -2.32. The second kappa shape index (κ2) is 9.55. The summed E-state index contributed by atoms with van der Waals surface area (Å²) in [5, 5.41) is 0. The van der Waals surface area contributed by atoms with Crippen molar-refractivity contribution in [3.8, 4) is 5.75 Å². The highest BCUT2D eigenvalue weighted by atomic mass is 32.2. The zero-order valence-corrected chi connectivity index (χ0v) is 18.1. The number of nitrogens with zero attached hydrogens (tertiary/aromatic N) is 1. The highest BCUT2D eigenvalue weighted by Gasteiger charge is 2.27. The standard InChI is InChI=1S/C23H27NO5S/c1-3-22(23(25)20-6-4-17(5-7-20)16-30(26,27)28)24-14-12-19(13-15-24)18-8-10-21(29-2)11-9-18/h4-12,22H,3,13-16H2,1-2H3,(H,26,27,28). The predicted molar refractivity (Wildman–Crippen MR) is 117 cm³/mol. The normalized spacial score (nSPS) is 16.0. The van der Waals surface area contributed by atoms with Crippen LogP contribution in [0.2, 0.25) is 0 Å². The maximum absolute atomic E-state index is 13.0. The van der Waals surface area contributed by atoms with E-state index in [1.54, 1.807) is 31.4 Å². The van der Waals surface area contributed by atoms with Gasteiger partial charge in [0, 0.05) is 18.7 Å². The maximum Gasteiger partial charge on any atom is 0.269 e. The van der Waals surface area contributed by atoms with E-state index in [1.807, 2.05) is 19.1 Å². The van der Waals surface area contributed by atoms with Crippen molar-refractivity contribution < 1.29 is 22.5 Å². The number of carbonyl (C=O) groups excluding carboxylic acids is 1. The monoisotopic (exact) mass is 429 g/mol. The summed E-state index contributed by atoms with van der Waals surface area (Å²) in [6.07, 6.45) is 3.73. The molecule has 2 aromatic carbocycles. The number of ether oxygens (including phenoxy) is 1. The third-order valence-corrected chi connectivity index (χ3v) is 6.12. The van der Waals surface area contributed by atoms with E-state index in [0.29, 0.717) is 24.1 Å². The van der Waals surface area contributed by atoms with Crippen molar-refractivity contribution in [2.45, 2.75) is 31.6 Å². The molecule has 1 atom stereocenters. The Bertz CT molecular complexity index is 1010. The molecule has 2 aromatic rings. The molecule has 0 bridgehead atoms. The number of methoxy groups -OCH3 is 1. The van der Waals surface area contributed by atoms with Gasteiger partial charge in [-0.2, -0.15) is 8.42 Å². The maximum atomic E-state index is 13.0. The summed E-state index contributed by atoms with van der Waals surface area (Å²) < 4.78 is 36.2. The summed E-state index contributed by atoms with van der Waals surface area (Å²) in [6, 6.07) is 14.2. The van der Waals surface area contributed by atoms with E-state index >= 15 is 0 Å². The topological polar surface area (TPSA) is 83.9 Å². The third kappa shape index (κ3) is 5.56. The van der Waals surface area contributed by atoms with Gasteiger partial charge in [-0.1, -0.05) is 49.4 Å². The zero-order chi connectivity index (χ0) is 21.7. The Balaban J connectivity index is 1.68. The molecular formula is C23H27NO5S. The number of carbonyl (C=O) groups is 1. The zero-order valence-electron chi connectivity index (χ0n) is 17.2. The summed E-state index contributed by atoms with van der Waals surface area (Å²) in [5.41, 5.74) is 3.44. The van der Waals surface area contributed by atoms with Crippen LogP contribution in [0.15, 0.2) is 54.6 Å². The van der Waals surface area contributed by atoms with Gasteiger partial charge in [0.05, 0.1) is 13.2 Å². The Hall–Kier alpha value is -2.48. The molecule has 0 saturated carbocycles. The molecule has 0 aromatic heterocycles. The largest absolute Gasteiger partial charge is 0.497 e. The van der Waals surface area contributed by atoms with E-state index in [4.69, 9.17) is 9.29 Å². The molecule has 0 fully saturated rings. The van der Waals surface area contributed by atoms with Crippen LogP contribution in [-0.2, 0) is 15.9 Å². The van der Waals surface area contributed by atoms with Crippen LogP contribution in [-0.4, -0.2) is 49.9 Å². The SMILES string of the molecule is CCC(C(=O)c1ccc(CS(=O)(=O)O)cc1)N1CC=C(c2ccc(OC)cc2)CC1. The van der Waals surface area contributed by atoms with Crippen molar-refractivity contribution in [2.75, 3.05) is 20.2 Å². The number of hydrogen-bond acceptors (Lipinski definition) is 5. The quantitative estimate of drug-likeness (QED) is 0.507. The lowest BCUT2D eigenvalue weighted by atomic mass is 9.95. The van der Waals surface area contributed by atoms with Crippen LogP contribution in [0.3, 0.4) is 0 Å². The number of rotatable bonds is 8. The second-order valence-electron chi connectivity index (χ2n) is 7.41. The van der Waals surface area contributed by atoms with Crippen LogP contribution in [0, 0.1) is 0 Å². The van der Waals surface area contributed by atoms with Gasteiger partial charge < -0.3 is 4.74 Å². The fourth-order valence-corrected chi connectivity index (χ4v) is 4.43. The molecule has 0 saturated heterocycles. The molecule has 6 nitrogen and oxygen atoms in total. The van der Waals surface area contributed by atoms with E-state index < -0.39 is 15.9 Å². The van der Waals surface area contributed by atoms with E-state index in [1.165, 1.54) is 11.1 Å². The molecule has 1 unspecified atom stereocenters. The van der Waals surface area contributed by atoms with E-state index in [-0.39, 0.29) is 11.8 Å². The molecule has 3 rings (SSSR count). The molecule has 0 amide bonds. The van der Waals surface area contributed by atoms with Crippen LogP contribution in [0.1, 0.15) is 41.3 Å². The predicted octanol–water partition coefficient (Wildman–Crippen LogP) is 3.83. The van der Waals surface area contributed by atoms with Crippen molar-refractivity contribution in [3.63, 3.8) is 0 Å². The Morgan fingerprint density at radius 1 is 1.13 bits per heavy atom. The fraction of sp³-hybridized carbons (Fsp3) is 0.348. The highest BCUT2D eigenvalue weighted by molar-refractivity contribution is 7.85. The Morgan fingerprint density at radius 2 is 1.80 bits per heavy atom. The van der Waals surface area contributed by atoms with E-state index in [9.17, 15) is 13.2 Å². The van der Waals surface area contributed by atoms with Gasteiger partial charge in [0.15, 0.2) is 5.78 Å². The minimum atomic E-state index is -4.09.